The van der Waals surface area contributed by atoms with Gasteiger partial charge in [0.05, 0.1) is 6.04 Å². The van der Waals surface area contributed by atoms with Gasteiger partial charge in [-0.1, -0.05) is 19.9 Å². The number of benzene rings is 1. The molecule has 1 aromatic rings. The maximum Gasteiger partial charge on any atom is 0.274 e. The minimum atomic E-state index is -0.587. The average molecular weight is 397 g/mol. The summed E-state index contributed by atoms with van der Waals surface area (Å²) in [4.78, 5) is 26.7. The molecule has 0 aromatic heterocycles. The number of carbonyl (C=O) groups is 2. The number of hydrogen-bond acceptors (Lipinski definition) is 5. The van der Waals surface area contributed by atoms with Crippen LogP contribution in [-0.2, 0) is 16.1 Å². The molecule has 2 heterocycles. The molecule has 150 valence electrons. The van der Waals surface area contributed by atoms with Gasteiger partial charge >= 0.3 is 0 Å². The van der Waals surface area contributed by atoms with Crippen molar-refractivity contribution in [2.24, 2.45) is 11.8 Å². The lowest BCUT2D eigenvalue weighted by atomic mass is 9.95. The van der Waals surface area contributed by atoms with E-state index in [4.69, 9.17) is 14.7 Å². The number of hydrogen-bond donors (Lipinski definition) is 2. The molecule has 3 rings (SSSR count). The second-order valence-corrected chi connectivity index (χ2v) is 7.24. The van der Waals surface area contributed by atoms with Crippen LogP contribution in [0.15, 0.2) is 18.2 Å². The van der Waals surface area contributed by atoms with Gasteiger partial charge in [-0.15, -0.1) is 0 Å². The van der Waals surface area contributed by atoms with Crippen LogP contribution in [0.3, 0.4) is 0 Å². The van der Waals surface area contributed by atoms with Crippen molar-refractivity contribution in [2.45, 2.75) is 39.3 Å². The molecule has 1 saturated heterocycles. The Balaban J connectivity index is 0.00000261. The summed E-state index contributed by atoms with van der Waals surface area (Å²) < 4.78 is 11.3. The third kappa shape index (κ3) is 4.75. The van der Waals surface area contributed by atoms with Crippen LogP contribution in [0, 0.1) is 11.8 Å². The van der Waals surface area contributed by atoms with E-state index in [0.717, 1.165) is 18.4 Å². The van der Waals surface area contributed by atoms with Gasteiger partial charge in [-0.2, -0.15) is 13.5 Å². The molecule has 2 aliphatic heterocycles. The second-order valence-electron chi connectivity index (χ2n) is 7.24. The molecule has 1 aromatic carbocycles. The van der Waals surface area contributed by atoms with Crippen LogP contribution in [0.5, 0.6) is 5.75 Å². The maximum absolute atomic E-state index is 13.2. The molecule has 0 spiro atoms. The van der Waals surface area contributed by atoms with Gasteiger partial charge in [0.15, 0.2) is 0 Å². The van der Waals surface area contributed by atoms with E-state index < -0.39 is 5.91 Å². The largest absolute Gasteiger partial charge is 0.491 e. The quantitative estimate of drug-likeness (QED) is 0.603. The highest BCUT2D eigenvalue weighted by molar-refractivity contribution is 7.59. The predicted octanol–water partition coefficient (Wildman–Crippen LogP) is 2.09. The Morgan fingerprint density at radius 2 is 1.96 bits per heavy atom. The summed E-state index contributed by atoms with van der Waals surface area (Å²) in [7, 11) is 0. The Morgan fingerprint density at radius 3 is 2.59 bits per heavy atom. The van der Waals surface area contributed by atoms with Gasteiger partial charge in [-0.05, 0) is 30.9 Å². The van der Waals surface area contributed by atoms with Crippen molar-refractivity contribution >= 4 is 25.3 Å². The van der Waals surface area contributed by atoms with Crippen LogP contribution in [-0.4, -0.2) is 47.8 Å². The zero-order valence-corrected chi connectivity index (χ0v) is 16.7. The van der Waals surface area contributed by atoms with Gasteiger partial charge in [0, 0.05) is 36.8 Å². The van der Waals surface area contributed by atoms with E-state index in [0.29, 0.717) is 37.7 Å². The lowest BCUT2D eigenvalue weighted by molar-refractivity contribution is -0.143. The van der Waals surface area contributed by atoms with Gasteiger partial charge in [0.25, 0.3) is 5.91 Å². The monoisotopic (exact) mass is 396 g/mol. The Hall–Kier alpha value is -1.77. The molecule has 2 N–H and O–H groups in total. The SMILES string of the molecule is CC(C)[C@H]1COc2cc(C(=O)NO)ccc2CN1C(=O)C1CCOCC1.S. The van der Waals surface area contributed by atoms with E-state index in [2.05, 4.69) is 13.8 Å². The summed E-state index contributed by atoms with van der Waals surface area (Å²) in [6, 6.07) is 4.99. The van der Waals surface area contributed by atoms with Crippen LogP contribution in [0.25, 0.3) is 0 Å². The van der Waals surface area contributed by atoms with Crippen LogP contribution in [0.4, 0.5) is 0 Å². The molecule has 1 fully saturated rings. The highest BCUT2D eigenvalue weighted by Gasteiger charge is 2.35. The third-order valence-corrected chi connectivity index (χ3v) is 5.20. The average Bonchev–Trinajstić information content (AvgIpc) is 2.86. The smallest absolute Gasteiger partial charge is 0.274 e. The number of nitrogens with one attached hydrogen (secondary N) is 1. The highest BCUT2D eigenvalue weighted by Crippen LogP contribution is 2.31. The molecule has 0 bridgehead atoms. The summed E-state index contributed by atoms with van der Waals surface area (Å²) in [5.74, 6) is 0.384. The molecular weight excluding hydrogens is 368 g/mol. The summed E-state index contributed by atoms with van der Waals surface area (Å²) >= 11 is 0. The normalized spacial score (nSPS) is 20.1. The minimum absolute atomic E-state index is 0. The topological polar surface area (TPSA) is 88.1 Å². The Kier molecular flexibility index (Phi) is 7.52. The van der Waals surface area contributed by atoms with E-state index in [1.807, 2.05) is 4.90 Å². The van der Waals surface area contributed by atoms with Crippen molar-refractivity contribution < 1.29 is 24.3 Å². The molecule has 8 heteroatoms. The first-order chi connectivity index (χ1) is 12.5. The first-order valence-corrected chi connectivity index (χ1v) is 9.09. The molecule has 2 amide bonds. The zero-order chi connectivity index (χ0) is 18.7. The summed E-state index contributed by atoms with van der Waals surface area (Å²) in [5, 5.41) is 8.82. The Bertz CT molecular complexity index is 676. The fraction of sp³-hybridized carbons (Fsp3) is 0.579. The fourth-order valence-electron chi connectivity index (χ4n) is 3.56. The van der Waals surface area contributed by atoms with Gasteiger partial charge in [0.1, 0.15) is 12.4 Å². The number of hydroxylamine groups is 1. The van der Waals surface area contributed by atoms with Crippen molar-refractivity contribution in [1.82, 2.24) is 10.4 Å². The number of nitrogens with zero attached hydrogens (tertiary/aromatic N) is 1. The molecular formula is C19H28N2O5S. The zero-order valence-electron chi connectivity index (χ0n) is 15.7. The van der Waals surface area contributed by atoms with E-state index >= 15 is 0 Å². The maximum atomic E-state index is 13.2. The van der Waals surface area contributed by atoms with Crippen molar-refractivity contribution in [1.29, 1.82) is 0 Å². The first-order valence-electron chi connectivity index (χ1n) is 9.09. The number of ether oxygens (including phenoxy) is 2. The van der Waals surface area contributed by atoms with Crippen molar-refractivity contribution in [3.63, 3.8) is 0 Å². The van der Waals surface area contributed by atoms with Gasteiger partial charge < -0.3 is 14.4 Å². The van der Waals surface area contributed by atoms with Crippen LogP contribution in [0.1, 0.15) is 42.6 Å². The van der Waals surface area contributed by atoms with Gasteiger partial charge in [0.2, 0.25) is 5.91 Å². The van der Waals surface area contributed by atoms with Crippen LogP contribution in [0.2, 0.25) is 0 Å². The lowest BCUT2D eigenvalue weighted by Gasteiger charge is -2.35. The van der Waals surface area contributed by atoms with E-state index in [9.17, 15) is 9.59 Å². The number of amides is 2. The molecule has 0 radical (unpaired) electrons. The van der Waals surface area contributed by atoms with E-state index in [1.165, 1.54) is 0 Å². The molecule has 7 nitrogen and oxygen atoms in total. The second kappa shape index (κ2) is 9.43. The third-order valence-electron chi connectivity index (χ3n) is 5.20. The summed E-state index contributed by atoms with van der Waals surface area (Å²) in [6.45, 7) is 6.25. The molecule has 2 aliphatic rings. The van der Waals surface area contributed by atoms with Crippen LogP contribution < -0.4 is 10.2 Å². The van der Waals surface area contributed by atoms with Crippen molar-refractivity contribution in [3.8, 4) is 5.75 Å². The van der Waals surface area contributed by atoms with E-state index in [-0.39, 0.29) is 37.3 Å². The fourth-order valence-corrected chi connectivity index (χ4v) is 3.56. The summed E-state index contributed by atoms with van der Waals surface area (Å²) in [5.41, 5.74) is 2.81. The van der Waals surface area contributed by atoms with Crippen molar-refractivity contribution in [2.75, 3.05) is 19.8 Å². The highest BCUT2D eigenvalue weighted by atomic mass is 32.1. The van der Waals surface area contributed by atoms with Crippen molar-refractivity contribution in [3.05, 3.63) is 29.3 Å². The first kappa shape index (κ1) is 21.5. The predicted molar refractivity (Wildman–Crippen MR) is 104 cm³/mol. The Morgan fingerprint density at radius 1 is 1.26 bits per heavy atom. The lowest BCUT2D eigenvalue weighted by Crippen LogP contribution is -2.48. The van der Waals surface area contributed by atoms with Crippen LogP contribution >= 0.6 is 13.5 Å². The number of carbonyl (C=O) groups excluding carboxylic acids is 2. The molecule has 0 unspecified atom stereocenters. The molecule has 27 heavy (non-hydrogen) atoms. The number of rotatable bonds is 3. The van der Waals surface area contributed by atoms with Gasteiger partial charge in [-0.25, -0.2) is 5.48 Å². The minimum Gasteiger partial charge on any atom is -0.491 e. The summed E-state index contributed by atoms with van der Waals surface area (Å²) in [6.07, 6.45) is 1.51. The van der Waals surface area contributed by atoms with Gasteiger partial charge in [-0.3, -0.25) is 14.8 Å². The van der Waals surface area contributed by atoms with E-state index in [1.54, 1.807) is 23.7 Å². The number of fused-ring (bicyclic) bond motifs is 1. The standard InChI is InChI=1S/C19H26N2O5.H2S/c1-12(2)16-11-26-17-9-14(18(22)20-24)3-4-15(17)10-21(16)19(23)13-5-7-25-8-6-13;/h3-4,9,12-13,16,24H,5-8,10-11H2,1-2H3,(H,20,22);1H2/t16-;/m1./s1. The molecule has 1 atom stereocenters. The molecule has 0 aliphatic carbocycles. The Labute approximate surface area is 166 Å². The molecule has 0 saturated carbocycles.